The van der Waals surface area contributed by atoms with E-state index >= 15 is 0 Å². The number of hydrogen-bond donors (Lipinski definition) is 12. The molecule has 10 atom stereocenters. The quantitative estimate of drug-likeness (QED) is 0.161. The molecule has 12 N–H and O–H groups in total. The molecule has 2 aromatic rings. The van der Waals surface area contributed by atoms with E-state index in [1.165, 1.54) is 60.0 Å². The third kappa shape index (κ3) is 7.97. The van der Waals surface area contributed by atoms with Crippen molar-refractivity contribution in [3.8, 4) is 11.5 Å². The average molecular weight is 1060 g/mol. The maximum atomic E-state index is 14.0. The number of hydrogen-bond acceptors (Lipinski definition) is 20. The number of rotatable bonds is 8. The Morgan fingerprint density at radius 2 is 0.895 bits per heavy atom. The summed E-state index contributed by atoms with van der Waals surface area (Å²) in [6, 6.07) is 6.24. The van der Waals surface area contributed by atoms with Crippen LogP contribution in [-0.4, -0.2) is 197 Å². The lowest BCUT2D eigenvalue weighted by Gasteiger charge is -2.53. The molecule has 408 valence electrons. The molecule has 76 heavy (non-hydrogen) atoms. The van der Waals surface area contributed by atoms with Crippen molar-refractivity contribution in [2.24, 2.45) is 23.7 Å². The molecule has 0 radical (unpaired) electrons. The van der Waals surface area contributed by atoms with Crippen molar-refractivity contribution in [3.05, 3.63) is 92.5 Å². The summed E-state index contributed by atoms with van der Waals surface area (Å²) in [5.74, 6) is -14.3. The number of aliphatic hydroxyl groups excluding tert-OH is 4. The predicted molar refractivity (Wildman–Crippen MR) is 269 cm³/mol. The highest BCUT2D eigenvalue weighted by Crippen LogP contribution is 2.59. The Balaban J connectivity index is 0.000000186. The fraction of sp³-hybridized carbons (Fsp3) is 0.519. The van der Waals surface area contributed by atoms with E-state index in [0.717, 1.165) is 51.9 Å². The van der Waals surface area contributed by atoms with Gasteiger partial charge in [-0.25, -0.2) is 0 Å². The van der Waals surface area contributed by atoms with E-state index in [0.29, 0.717) is 0 Å². The lowest BCUT2D eigenvalue weighted by Crippen LogP contribution is -2.67. The SMILES string of the molecule is CN(C)[C@@H]1C(=O)C(C(=O)NCN2CCCC2)=C(O)[C@@]2(O)C(=O)C3=C(O)c4c(O)cccc4[C@@](C)(O)[C@H]3C[C@@H]12.CN(C)[C@@H]1C(=O)C(C(=O)NCN2CCCC2)=C(O)[C@@]2(O)C(=O)C3=C(O)c4c(O)cccc4[C@@](C)(O)[C@H]3C[C@@H]12. The van der Waals surface area contributed by atoms with E-state index in [9.17, 15) is 79.8 Å². The maximum Gasteiger partial charge on any atom is 0.259 e. The summed E-state index contributed by atoms with van der Waals surface area (Å²) in [5, 5.41) is 118. The maximum absolute atomic E-state index is 14.0. The van der Waals surface area contributed by atoms with Gasteiger partial charge >= 0.3 is 0 Å². The van der Waals surface area contributed by atoms with E-state index in [1.807, 2.05) is 9.80 Å². The van der Waals surface area contributed by atoms with Gasteiger partial charge in [0.2, 0.25) is 11.6 Å². The number of aromatic hydroxyl groups is 2. The standard InChI is InChI=1S/2C27H33N3O8/c2*1-26(37)13-7-6-8-16(31)17(13)21(32)18-14(26)11-15-20(29(2)3)22(33)19(24(35)27(15,38)23(18)34)25(36)28-12-30-9-4-5-10-30/h2*6-8,14-15,20,31-32,35,37-38H,4-5,9-12H2,1-3H3,(H,28,36)/t2*14-,15-,20-,26+,27-/m00/s1. The Morgan fingerprint density at radius 1 is 0.566 bits per heavy atom. The number of phenols is 2. The molecule has 2 aliphatic heterocycles. The average Bonchev–Trinajstić information content (AvgIpc) is 4.09. The first-order chi connectivity index (χ1) is 35.7. The van der Waals surface area contributed by atoms with Crippen LogP contribution in [0.2, 0.25) is 0 Å². The summed E-state index contributed by atoms with van der Waals surface area (Å²) in [6.45, 7) is 6.22. The van der Waals surface area contributed by atoms with Gasteiger partial charge in [0.25, 0.3) is 11.8 Å². The van der Waals surface area contributed by atoms with Gasteiger partial charge in [0, 0.05) is 34.8 Å². The van der Waals surface area contributed by atoms with Crippen molar-refractivity contribution < 1.29 is 79.8 Å². The summed E-state index contributed by atoms with van der Waals surface area (Å²) in [6.07, 6.45) is 3.55. The second kappa shape index (κ2) is 19.2. The van der Waals surface area contributed by atoms with Gasteiger partial charge in [0.1, 0.15) is 45.7 Å². The monoisotopic (exact) mass is 1050 g/mol. The van der Waals surface area contributed by atoms with Gasteiger partial charge in [-0.2, -0.15) is 0 Å². The molecule has 2 aromatic carbocycles. The van der Waals surface area contributed by atoms with Crippen LogP contribution >= 0.6 is 0 Å². The van der Waals surface area contributed by atoms with Gasteiger partial charge in [-0.1, -0.05) is 24.3 Å². The van der Waals surface area contributed by atoms with Gasteiger partial charge in [-0.15, -0.1) is 0 Å². The Labute approximate surface area is 437 Å². The van der Waals surface area contributed by atoms with Gasteiger partial charge < -0.3 is 61.7 Å². The largest absolute Gasteiger partial charge is 0.508 e. The molecular formula is C54H66N6O16. The minimum absolute atomic E-state index is 0.137. The topological polar surface area (TPSA) is 342 Å². The lowest BCUT2D eigenvalue weighted by molar-refractivity contribution is -0.160. The molecular weight excluding hydrogens is 989 g/mol. The Hall–Kier alpha value is -6.50. The molecule has 0 bridgehead atoms. The molecule has 0 aromatic heterocycles. The minimum atomic E-state index is -2.72. The van der Waals surface area contributed by atoms with E-state index in [-0.39, 0.29) is 71.1 Å². The number of ketones is 4. The van der Waals surface area contributed by atoms with E-state index < -0.39 is 127 Å². The van der Waals surface area contributed by atoms with Crippen LogP contribution in [0, 0.1) is 23.7 Å². The summed E-state index contributed by atoms with van der Waals surface area (Å²) < 4.78 is 0. The number of Topliss-reactive ketones (excluding diaryl/α,β-unsaturated/α-hetero) is 4. The molecule has 6 aliphatic carbocycles. The van der Waals surface area contributed by atoms with Crippen LogP contribution in [-0.2, 0) is 40.0 Å². The number of benzene rings is 2. The van der Waals surface area contributed by atoms with Gasteiger partial charge in [0.15, 0.2) is 22.8 Å². The van der Waals surface area contributed by atoms with Crippen molar-refractivity contribution in [1.29, 1.82) is 0 Å². The molecule has 2 saturated heterocycles. The molecule has 22 nitrogen and oxygen atoms in total. The molecule has 0 spiro atoms. The zero-order valence-corrected chi connectivity index (χ0v) is 43.1. The Kier molecular flexibility index (Phi) is 13.7. The van der Waals surface area contributed by atoms with Crippen molar-refractivity contribution in [1.82, 2.24) is 30.2 Å². The second-order valence-corrected chi connectivity index (χ2v) is 22.2. The summed E-state index contributed by atoms with van der Waals surface area (Å²) in [5.41, 5.74) is -11.1. The summed E-state index contributed by atoms with van der Waals surface area (Å²) in [4.78, 5) is 88.6. The Bertz CT molecular complexity index is 2780. The predicted octanol–water partition coefficient (Wildman–Crippen LogP) is 0.626. The minimum Gasteiger partial charge on any atom is -0.508 e. The van der Waals surface area contributed by atoms with Crippen molar-refractivity contribution in [2.45, 2.75) is 86.9 Å². The number of likely N-dealkylation sites (tertiary alicyclic amines) is 2. The van der Waals surface area contributed by atoms with Crippen LogP contribution in [0.3, 0.4) is 0 Å². The highest BCUT2D eigenvalue weighted by atomic mass is 16.4. The third-order valence-corrected chi connectivity index (χ3v) is 17.3. The fourth-order valence-electron chi connectivity index (χ4n) is 13.4. The highest BCUT2D eigenvalue weighted by molar-refractivity contribution is 6.26. The Morgan fingerprint density at radius 3 is 1.21 bits per heavy atom. The number of nitrogens with one attached hydrogen (secondary N) is 2. The second-order valence-electron chi connectivity index (χ2n) is 22.2. The first-order valence-corrected chi connectivity index (χ1v) is 25.5. The van der Waals surface area contributed by atoms with Gasteiger partial charge in [-0.05, 0) is 130 Å². The zero-order valence-electron chi connectivity index (χ0n) is 43.1. The summed E-state index contributed by atoms with van der Waals surface area (Å²) >= 11 is 0. The molecule has 22 heteroatoms. The molecule has 10 rings (SSSR count). The normalized spacial score (nSPS) is 33.4. The van der Waals surface area contributed by atoms with E-state index in [2.05, 4.69) is 10.6 Å². The van der Waals surface area contributed by atoms with Crippen molar-refractivity contribution >= 4 is 46.5 Å². The van der Waals surface area contributed by atoms with Crippen LogP contribution in [0.4, 0.5) is 0 Å². The number of aliphatic hydroxyl groups is 8. The van der Waals surface area contributed by atoms with Gasteiger partial charge in [-0.3, -0.25) is 48.4 Å². The number of fused-ring (bicyclic) bond motifs is 6. The smallest absolute Gasteiger partial charge is 0.259 e. The number of phenolic OH excluding ortho intramolecular Hbond substituents is 2. The molecule has 2 amide bonds. The fourth-order valence-corrected chi connectivity index (χ4v) is 13.4. The number of carbonyl (C=O) groups is 6. The van der Waals surface area contributed by atoms with Crippen LogP contribution in [0.1, 0.15) is 74.6 Å². The van der Waals surface area contributed by atoms with Crippen LogP contribution in [0.15, 0.2) is 70.2 Å². The number of nitrogens with zero attached hydrogens (tertiary/aromatic N) is 4. The molecule has 4 fully saturated rings. The van der Waals surface area contributed by atoms with Crippen molar-refractivity contribution in [2.75, 3.05) is 67.7 Å². The van der Waals surface area contributed by atoms with Crippen LogP contribution in [0.25, 0.3) is 11.5 Å². The number of amides is 2. The number of likely N-dealkylation sites (N-methyl/N-ethyl adjacent to an activating group) is 2. The summed E-state index contributed by atoms with van der Waals surface area (Å²) in [7, 11) is 6.24. The van der Waals surface area contributed by atoms with Crippen LogP contribution < -0.4 is 10.6 Å². The molecule has 2 saturated carbocycles. The van der Waals surface area contributed by atoms with Gasteiger partial charge in [0.05, 0.1) is 47.8 Å². The highest BCUT2D eigenvalue weighted by Gasteiger charge is 2.68. The van der Waals surface area contributed by atoms with E-state index in [4.69, 9.17) is 0 Å². The molecule has 2 heterocycles. The van der Waals surface area contributed by atoms with E-state index in [1.54, 1.807) is 28.2 Å². The lowest BCUT2D eigenvalue weighted by atomic mass is 9.54. The first-order valence-electron chi connectivity index (χ1n) is 25.5. The van der Waals surface area contributed by atoms with Crippen molar-refractivity contribution in [3.63, 3.8) is 0 Å². The first kappa shape index (κ1) is 54.3. The molecule has 0 unspecified atom stereocenters. The third-order valence-electron chi connectivity index (χ3n) is 17.3. The number of carbonyl (C=O) groups excluding carboxylic acids is 6. The van der Waals surface area contributed by atoms with Crippen LogP contribution in [0.5, 0.6) is 11.5 Å². The zero-order chi connectivity index (χ0) is 55.5. The molecule has 8 aliphatic rings.